The molecule has 1 aromatic carbocycles. The van der Waals surface area contributed by atoms with E-state index in [4.69, 9.17) is 9.84 Å². The Hall–Kier alpha value is -1.92. The van der Waals surface area contributed by atoms with Gasteiger partial charge in [-0.1, -0.05) is 0 Å². The maximum Gasteiger partial charge on any atom is 0.335 e. The zero-order valence-corrected chi connectivity index (χ0v) is 12.8. The maximum atomic E-state index is 11.0. The van der Waals surface area contributed by atoms with Crippen molar-refractivity contribution in [3.8, 4) is 0 Å². The fraction of sp³-hybridized carbons (Fsp3) is 0.500. The average molecular weight is 303 g/mol. The predicted molar refractivity (Wildman–Crippen MR) is 83.3 cm³/mol. The zero-order valence-electron chi connectivity index (χ0n) is 12.8. The molecular weight excluding hydrogens is 282 g/mol. The molecule has 2 heterocycles. The molecule has 3 rings (SSSR count). The Bertz CT molecular complexity index is 675. The molecule has 2 aromatic rings. The largest absolute Gasteiger partial charge is 0.478 e. The van der Waals surface area contributed by atoms with Crippen LogP contribution in [0.25, 0.3) is 11.0 Å². The minimum absolute atomic E-state index is 0.283. The van der Waals surface area contributed by atoms with E-state index >= 15 is 0 Å². The predicted octanol–water partition coefficient (Wildman–Crippen LogP) is 1.77. The number of nitrogens with zero attached hydrogens (tertiary/aromatic N) is 3. The highest BCUT2D eigenvalue weighted by atomic mass is 16.5. The number of fused-ring (bicyclic) bond motifs is 1. The highest BCUT2D eigenvalue weighted by Gasteiger charge is 2.12. The number of aromatic nitrogens is 2. The summed E-state index contributed by atoms with van der Waals surface area (Å²) < 4.78 is 7.52. The quantitative estimate of drug-likeness (QED) is 0.911. The number of ether oxygens (including phenoxy) is 1. The van der Waals surface area contributed by atoms with Gasteiger partial charge in [-0.2, -0.15) is 0 Å². The molecule has 0 atom stereocenters. The van der Waals surface area contributed by atoms with Gasteiger partial charge in [0.2, 0.25) is 0 Å². The summed E-state index contributed by atoms with van der Waals surface area (Å²) in [5, 5.41) is 9.06. The van der Waals surface area contributed by atoms with E-state index in [-0.39, 0.29) is 5.56 Å². The minimum Gasteiger partial charge on any atom is -0.478 e. The van der Waals surface area contributed by atoms with Crippen LogP contribution in [0, 0.1) is 6.92 Å². The van der Waals surface area contributed by atoms with Gasteiger partial charge in [0.05, 0.1) is 29.8 Å². The van der Waals surface area contributed by atoms with E-state index in [1.807, 2.05) is 13.0 Å². The van der Waals surface area contributed by atoms with Gasteiger partial charge in [0.25, 0.3) is 0 Å². The van der Waals surface area contributed by atoms with E-state index in [2.05, 4.69) is 14.5 Å². The van der Waals surface area contributed by atoms with E-state index in [9.17, 15) is 4.79 Å². The molecule has 0 bridgehead atoms. The monoisotopic (exact) mass is 303 g/mol. The molecule has 118 valence electrons. The van der Waals surface area contributed by atoms with Gasteiger partial charge in [0.15, 0.2) is 0 Å². The summed E-state index contributed by atoms with van der Waals surface area (Å²) in [6.07, 6.45) is 1.05. The lowest BCUT2D eigenvalue weighted by atomic mass is 10.2. The first kappa shape index (κ1) is 15.0. The molecular formula is C16H21N3O3. The number of carboxylic acid groups (broad SMARTS) is 1. The lowest BCUT2D eigenvalue weighted by molar-refractivity contribution is 0.0369. The first-order valence-electron chi connectivity index (χ1n) is 7.65. The zero-order chi connectivity index (χ0) is 15.5. The number of carboxylic acids is 1. The molecule has 0 aliphatic carbocycles. The minimum atomic E-state index is -0.915. The number of morpholine rings is 1. The molecule has 1 fully saturated rings. The molecule has 22 heavy (non-hydrogen) atoms. The Morgan fingerprint density at radius 1 is 1.32 bits per heavy atom. The maximum absolute atomic E-state index is 11.0. The van der Waals surface area contributed by atoms with Crippen LogP contribution >= 0.6 is 0 Å². The van der Waals surface area contributed by atoms with Gasteiger partial charge in [0.1, 0.15) is 5.82 Å². The SMILES string of the molecule is Cc1nc2cc(C(=O)O)ccc2n1CCCN1CCOCC1. The van der Waals surface area contributed by atoms with Crippen LogP contribution < -0.4 is 0 Å². The number of carbonyl (C=O) groups is 1. The summed E-state index contributed by atoms with van der Waals surface area (Å²) in [5.41, 5.74) is 2.04. The Balaban J connectivity index is 1.70. The Morgan fingerprint density at radius 3 is 2.82 bits per heavy atom. The molecule has 0 radical (unpaired) electrons. The van der Waals surface area contributed by atoms with Crippen LogP contribution in [0.1, 0.15) is 22.6 Å². The Kier molecular flexibility index (Phi) is 4.40. The van der Waals surface area contributed by atoms with Crippen LogP contribution in [0.5, 0.6) is 0 Å². The summed E-state index contributed by atoms with van der Waals surface area (Å²) in [5.74, 6) is 0.0148. The van der Waals surface area contributed by atoms with Gasteiger partial charge in [-0.05, 0) is 31.5 Å². The number of imidazole rings is 1. The highest BCUT2D eigenvalue weighted by Crippen LogP contribution is 2.18. The highest BCUT2D eigenvalue weighted by molar-refractivity contribution is 5.92. The summed E-state index contributed by atoms with van der Waals surface area (Å²) in [4.78, 5) is 17.9. The van der Waals surface area contributed by atoms with Crippen molar-refractivity contribution < 1.29 is 14.6 Å². The molecule has 6 nitrogen and oxygen atoms in total. The number of aryl methyl sites for hydroxylation is 2. The van der Waals surface area contributed by atoms with Crippen molar-refractivity contribution in [2.75, 3.05) is 32.8 Å². The number of benzene rings is 1. The number of hydrogen-bond acceptors (Lipinski definition) is 4. The van der Waals surface area contributed by atoms with Crippen LogP contribution in [0.3, 0.4) is 0 Å². The summed E-state index contributed by atoms with van der Waals surface area (Å²) in [7, 11) is 0. The van der Waals surface area contributed by atoms with Crippen LogP contribution in [-0.2, 0) is 11.3 Å². The second-order valence-corrected chi connectivity index (χ2v) is 5.63. The fourth-order valence-corrected chi connectivity index (χ4v) is 2.94. The van der Waals surface area contributed by atoms with E-state index < -0.39 is 5.97 Å². The molecule has 1 aliphatic heterocycles. The van der Waals surface area contributed by atoms with Gasteiger partial charge in [-0.3, -0.25) is 4.90 Å². The third-order valence-electron chi connectivity index (χ3n) is 4.15. The smallest absolute Gasteiger partial charge is 0.335 e. The van der Waals surface area contributed by atoms with E-state index in [0.717, 1.165) is 62.7 Å². The second kappa shape index (κ2) is 6.46. The molecule has 0 saturated carbocycles. The standard InChI is InChI=1S/C16H21N3O3/c1-12-17-14-11-13(16(20)21)3-4-15(14)19(12)6-2-5-18-7-9-22-10-8-18/h3-4,11H,2,5-10H2,1H3,(H,20,21). The molecule has 0 spiro atoms. The molecule has 1 aromatic heterocycles. The number of rotatable bonds is 5. The topological polar surface area (TPSA) is 67.6 Å². The van der Waals surface area contributed by atoms with Crippen molar-refractivity contribution in [2.45, 2.75) is 19.9 Å². The summed E-state index contributed by atoms with van der Waals surface area (Å²) >= 11 is 0. The first-order valence-corrected chi connectivity index (χ1v) is 7.65. The molecule has 6 heteroatoms. The Morgan fingerprint density at radius 2 is 2.09 bits per heavy atom. The first-order chi connectivity index (χ1) is 10.6. The Labute approximate surface area is 129 Å². The molecule has 0 unspecified atom stereocenters. The van der Waals surface area contributed by atoms with Crippen LogP contribution in [0.15, 0.2) is 18.2 Å². The van der Waals surface area contributed by atoms with E-state index in [0.29, 0.717) is 0 Å². The molecule has 1 aliphatic rings. The van der Waals surface area contributed by atoms with Crippen LogP contribution in [0.2, 0.25) is 0 Å². The lowest BCUT2D eigenvalue weighted by Crippen LogP contribution is -2.37. The third-order valence-corrected chi connectivity index (χ3v) is 4.15. The van der Waals surface area contributed by atoms with Gasteiger partial charge >= 0.3 is 5.97 Å². The number of hydrogen-bond donors (Lipinski definition) is 1. The summed E-state index contributed by atoms with van der Waals surface area (Å²) in [6.45, 7) is 7.57. The van der Waals surface area contributed by atoms with Gasteiger partial charge in [-0.25, -0.2) is 9.78 Å². The fourth-order valence-electron chi connectivity index (χ4n) is 2.94. The van der Waals surface area contributed by atoms with Crippen molar-refractivity contribution in [1.82, 2.24) is 14.5 Å². The normalized spacial score (nSPS) is 16.2. The van der Waals surface area contributed by atoms with E-state index in [1.54, 1.807) is 12.1 Å². The van der Waals surface area contributed by atoms with Crippen molar-refractivity contribution in [1.29, 1.82) is 0 Å². The number of aromatic carboxylic acids is 1. The second-order valence-electron chi connectivity index (χ2n) is 5.63. The van der Waals surface area contributed by atoms with Crippen molar-refractivity contribution in [2.24, 2.45) is 0 Å². The van der Waals surface area contributed by atoms with Crippen molar-refractivity contribution >= 4 is 17.0 Å². The molecule has 1 N–H and O–H groups in total. The van der Waals surface area contributed by atoms with Gasteiger partial charge in [-0.15, -0.1) is 0 Å². The summed E-state index contributed by atoms with van der Waals surface area (Å²) in [6, 6.07) is 5.14. The lowest BCUT2D eigenvalue weighted by Gasteiger charge is -2.26. The van der Waals surface area contributed by atoms with Crippen molar-refractivity contribution in [3.05, 3.63) is 29.6 Å². The van der Waals surface area contributed by atoms with Crippen molar-refractivity contribution in [3.63, 3.8) is 0 Å². The average Bonchev–Trinajstić information content (AvgIpc) is 2.83. The van der Waals surface area contributed by atoms with Gasteiger partial charge < -0.3 is 14.4 Å². The van der Waals surface area contributed by atoms with E-state index in [1.165, 1.54) is 0 Å². The van der Waals surface area contributed by atoms with Crippen LogP contribution in [0.4, 0.5) is 0 Å². The third kappa shape index (κ3) is 3.13. The van der Waals surface area contributed by atoms with Gasteiger partial charge in [0, 0.05) is 26.2 Å². The molecule has 0 amide bonds. The van der Waals surface area contributed by atoms with Crippen LogP contribution in [-0.4, -0.2) is 58.4 Å². The molecule has 1 saturated heterocycles.